The van der Waals surface area contributed by atoms with Gasteiger partial charge in [0.1, 0.15) is 5.78 Å². The second-order valence-corrected chi connectivity index (χ2v) is 5.76. The van der Waals surface area contributed by atoms with Gasteiger partial charge < -0.3 is 5.11 Å². The maximum Gasteiger partial charge on any atom is 0.146 e. The molecule has 14 heavy (non-hydrogen) atoms. The van der Waals surface area contributed by atoms with E-state index in [0.29, 0.717) is 0 Å². The maximum atomic E-state index is 12.2. The van der Waals surface area contributed by atoms with Crippen LogP contribution in [0, 0.1) is 10.8 Å². The van der Waals surface area contributed by atoms with Crippen LogP contribution in [-0.2, 0) is 4.79 Å². The largest absolute Gasteiger partial charge is 0.392 e. The first-order valence-electron chi connectivity index (χ1n) is 5.51. The van der Waals surface area contributed by atoms with Crippen LogP contribution in [0.1, 0.15) is 53.4 Å². The summed E-state index contributed by atoms with van der Waals surface area (Å²) >= 11 is 0. The molecule has 1 saturated carbocycles. The molecule has 1 fully saturated rings. The van der Waals surface area contributed by atoms with Crippen LogP contribution in [0.25, 0.3) is 0 Å². The standard InChI is InChI=1S/C12H22O2/c1-11(2,3)10(14)12(4)8-6-5-7-9(12)13/h9,13H,5-8H2,1-4H3/t9-,12+/m0/s1. The summed E-state index contributed by atoms with van der Waals surface area (Å²) in [5, 5.41) is 9.94. The molecular weight excluding hydrogens is 176 g/mol. The van der Waals surface area contributed by atoms with Gasteiger partial charge in [-0.2, -0.15) is 0 Å². The second kappa shape index (κ2) is 3.65. The lowest BCUT2D eigenvalue weighted by Crippen LogP contribution is -2.47. The number of ketones is 1. The molecule has 2 heteroatoms. The van der Waals surface area contributed by atoms with E-state index in [9.17, 15) is 9.90 Å². The summed E-state index contributed by atoms with van der Waals surface area (Å²) in [5.74, 6) is 0.206. The first kappa shape index (κ1) is 11.7. The van der Waals surface area contributed by atoms with Crippen LogP contribution in [0.2, 0.25) is 0 Å². The van der Waals surface area contributed by atoms with Gasteiger partial charge in [-0.25, -0.2) is 0 Å². The Bertz CT molecular complexity index is 227. The summed E-state index contributed by atoms with van der Waals surface area (Å²) in [6.07, 6.45) is 3.29. The second-order valence-electron chi connectivity index (χ2n) is 5.76. The van der Waals surface area contributed by atoms with Crippen molar-refractivity contribution in [2.45, 2.75) is 59.5 Å². The minimum absolute atomic E-state index is 0.206. The van der Waals surface area contributed by atoms with Crippen LogP contribution >= 0.6 is 0 Å². The van der Waals surface area contributed by atoms with Gasteiger partial charge in [-0.05, 0) is 12.8 Å². The number of Topliss-reactive ketones (excluding diaryl/α,β-unsaturated/α-hetero) is 1. The van der Waals surface area contributed by atoms with Gasteiger partial charge in [0.15, 0.2) is 0 Å². The van der Waals surface area contributed by atoms with Gasteiger partial charge in [0.2, 0.25) is 0 Å². The van der Waals surface area contributed by atoms with Crippen LogP contribution in [0.4, 0.5) is 0 Å². The number of hydrogen-bond donors (Lipinski definition) is 1. The molecule has 0 unspecified atom stereocenters. The van der Waals surface area contributed by atoms with Crippen LogP contribution in [0.5, 0.6) is 0 Å². The average Bonchev–Trinajstić information content (AvgIpc) is 2.07. The van der Waals surface area contributed by atoms with Gasteiger partial charge in [-0.1, -0.05) is 40.5 Å². The predicted octanol–water partition coefficient (Wildman–Crippen LogP) is 2.54. The van der Waals surface area contributed by atoms with E-state index in [1.165, 1.54) is 0 Å². The molecule has 1 aliphatic rings. The third-order valence-corrected chi connectivity index (χ3v) is 3.36. The quantitative estimate of drug-likeness (QED) is 0.703. The minimum Gasteiger partial charge on any atom is -0.392 e. The number of aliphatic hydroxyl groups excluding tert-OH is 1. The number of aliphatic hydroxyl groups is 1. The van der Waals surface area contributed by atoms with Crippen LogP contribution < -0.4 is 0 Å². The van der Waals surface area contributed by atoms with Crippen molar-refractivity contribution in [3.05, 3.63) is 0 Å². The topological polar surface area (TPSA) is 37.3 Å². The Morgan fingerprint density at radius 3 is 2.36 bits per heavy atom. The fraction of sp³-hybridized carbons (Fsp3) is 0.917. The fourth-order valence-electron chi connectivity index (χ4n) is 2.44. The minimum atomic E-state index is -0.503. The molecule has 1 aliphatic carbocycles. The first-order valence-corrected chi connectivity index (χ1v) is 5.51. The van der Waals surface area contributed by atoms with Crippen molar-refractivity contribution in [1.82, 2.24) is 0 Å². The highest BCUT2D eigenvalue weighted by Crippen LogP contribution is 2.41. The molecule has 2 nitrogen and oxygen atoms in total. The molecule has 0 amide bonds. The van der Waals surface area contributed by atoms with E-state index in [0.717, 1.165) is 25.7 Å². The molecule has 1 rings (SSSR count). The van der Waals surface area contributed by atoms with Crippen molar-refractivity contribution < 1.29 is 9.90 Å². The van der Waals surface area contributed by atoms with Crippen LogP contribution in [0.15, 0.2) is 0 Å². The summed E-state index contributed by atoms with van der Waals surface area (Å²) in [7, 11) is 0. The maximum absolute atomic E-state index is 12.2. The zero-order chi connectivity index (χ0) is 11.0. The molecule has 0 saturated heterocycles. The molecule has 2 atom stereocenters. The van der Waals surface area contributed by atoms with Crippen molar-refractivity contribution in [1.29, 1.82) is 0 Å². The summed E-state index contributed by atoms with van der Waals surface area (Å²) in [6, 6.07) is 0. The Balaban J connectivity index is 2.87. The van der Waals surface area contributed by atoms with Crippen molar-refractivity contribution in [2.24, 2.45) is 10.8 Å². The highest BCUT2D eigenvalue weighted by atomic mass is 16.3. The Labute approximate surface area is 86.7 Å². The molecule has 0 heterocycles. The Morgan fingerprint density at radius 2 is 1.93 bits per heavy atom. The molecule has 0 spiro atoms. The summed E-state index contributed by atoms with van der Waals surface area (Å²) in [4.78, 5) is 12.2. The fourth-order valence-corrected chi connectivity index (χ4v) is 2.44. The van der Waals surface area contributed by atoms with E-state index in [1.807, 2.05) is 27.7 Å². The molecule has 0 aromatic heterocycles. The average molecular weight is 198 g/mol. The van der Waals surface area contributed by atoms with Crippen molar-refractivity contribution in [3.63, 3.8) is 0 Å². The van der Waals surface area contributed by atoms with E-state index < -0.39 is 11.5 Å². The lowest BCUT2D eigenvalue weighted by molar-refractivity contribution is -0.145. The molecular formula is C12H22O2. The third-order valence-electron chi connectivity index (χ3n) is 3.36. The summed E-state index contributed by atoms with van der Waals surface area (Å²) < 4.78 is 0. The Kier molecular flexibility index (Phi) is 3.05. The smallest absolute Gasteiger partial charge is 0.146 e. The van der Waals surface area contributed by atoms with Gasteiger partial charge in [0, 0.05) is 5.41 Å². The van der Waals surface area contributed by atoms with E-state index in [-0.39, 0.29) is 11.2 Å². The van der Waals surface area contributed by atoms with Crippen molar-refractivity contribution >= 4 is 5.78 Å². The molecule has 0 aliphatic heterocycles. The van der Waals surface area contributed by atoms with Gasteiger partial charge in [-0.3, -0.25) is 4.79 Å². The Morgan fingerprint density at radius 1 is 1.36 bits per heavy atom. The zero-order valence-corrected chi connectivity index (χ0v) is 9.76. The lowest BCUT2D eigenvalue weighted by atomic mass is 9.64. The van der Waals surface area contributed by atoms with Gasteiger partial charge in [0.25, 0.3) is 0 Å². The van der Waals surface area contributed by atoms with E-state index in [1.54, 1.807) is 0 Å². The number of carbonyl (C=O) groups excluding carboxylic acids is 1. The number of carbonyl (C=O) groups is 1. The first-order chi connectivity index (χ1) is 6.28. The van der Waals surface area contributed by atoms with Crippen LogP contribution in [0.3, 0.4) is 0 Å². The molecule has 82 valence electrons. The van der Waals surface area contributed by atoms with Gasteiger partial charge in [-0.15, -0.1) is 0 Å². The molecule has 0 bridgehead atoms. The highest BCUT2D eigenvalue weighted by Gasteiger charge is 2.45. The highest BCUT2D eigenvalue weighted by molar-refractivity contribution is 5.89. The molecule has 0 aromatic rings. The Hall–Kier alpha value is -0.370. The summed E-state index contributed by atoms with van der Waals surface area (Å²) in [6.45, 7) is 7.72. The van der Waals surface area contributed by atoms with Crippen LogP contribution in [-0.4, -0.2) is 17.0 Å². The molecule has 0 aromatic carbocycles. The number of rotatable bonds is 1. The third kappa shape index (κ3) is 2.00. The van der Waals surface area contributed by atoms with E-state index >= 15 is 0 Å². The summed E-state index contributed by atoms with van der Waals surface area (Å²) in [5.41, 5.74) is -0.844. The van der Waals surface area contributed by atoms with E-state index in [4.69, 9.17) is 0 Å². The molecule has 1 N–H and O–H groups in total. The monoisotopic (exact) mass is 198 g/mol. The number of hydrogen-bond acceptors (Lipinski definition) is 2. The predicted molar refractivity (Wildman–Crippen MR) is 57.0 cm³/mol. The lowest BCUT2D eigenvalue weighted by Gasteiger charge is -2.40. The van der Waals surface area contributed by atoms with Crippen molar-refractivity contribution in [2.75, 3.05) is 0 Å². The van der Waals surface area contributed by atoms with Gasteiger partial charge in [0.05, 0.1) is 11.5 Å². The SMILES string of the molecule is CC(C)(C)C(=O)[C@]1(C)CCCC[C@@H]1O. The van der Waals surface area contributed by atoms with Gasteiger partial charge >= 0.3 is 0 Å². The normalized spacial score (nSPS) is 34.2. The van der Waals surface area contributed by atoms with Crippen molar-refractivity contribution in [3.8, 4) is 0 Å². The zero-order valence-electron chi connectivity index (χ0n) is 9.76. The van der Waals surface area contributed by atoms with E-state index in [2.05, 4.69) is 0 Å². The molecule has 0 radical (unpaired) electrons.